The molecule has 0 amide bonds. The first-order valence-corrected chi connectivity index (χ1v) is 21.5. The highest BCUT2D eigenvalue weighted by Crippen LogP contribution is 2.42. The minimum atomic E-state index is -0.918. The van der Waals surface area contributed by atoms with E-state index in [1.165, 1.54) is 5.56 Å². The molecule has 3 N–H and O–H groups in total. The molecule has 0 unspecified atom stereocenters. The van der Waals surface area contributed by atoms with E-state index >= 15 is 0 Å². The summed E-state index contributed by atoms with van der Waals surface area (Å²) >= 11 is 0. The van der Waals surface area contributed by atoms with Gasteiger partial charge in [0.05, 0.1) is 18.6 Å². The Hall–Kier alpha value is -6.65. The summed E-state index contributed by atoms with van der Waals surface area (Å²) < 4.78 is 11.6. The normalized spacial score (nSPS) is 20.5. The van der Waals surface area contributed by atoms with E-state index < -0.39 is 12.0 Å². The second-order valence-corrected chi connectivity index (χ2v) is 15.8. The Bertz CT molecular complexity index is 2320. The molecule has 6 aromatic rings. The lowest BCUT2D eigenvalue weighted by atomic mass is 9.91. The molecule has 0 spiro atoms. The number of ether oxygens (including phenoxy) is 2. The van der Waals surface area contributed by atoms with Crippen LogP contribution in [0.4, 0.5) is 0 Å². The number of hydrogen-bond donors (Lipinski definition) is 2. The number of esters is 2. The monoisotopic (exact) mass is 843 g/mol. The van der Waals surface area contributed by atoms with Gasteiger partial charge in [-0.1, -0.05) is 194 Å². The largest absolute Gasteiger partial charge is 0.480 e. The third-order valence-electron chi connectivity index (χ3n) is 11.3. The average molecular weight is 844 g/mol. The van der Waals surface area contributed by atoms with Crippen molar-refractivity contribution in [2.24, 2.45) is 5.73 Å². The zero-order chi connectivity index (χ0) is 44.4. The van der Waals surface area contributed by atoms with Crippen LogP contribution >= 0.6 is 0 Å². The molecule has 0 aromatic heterocycles. The highest BCUT2D eigenvalue weighted by molar-refractivity contribution is 5.78. The summed E-state index contributed by atoms with van der Waals surface area (Å²) in [5.74, 6) is -1.27. The van der Waals surface area contributed by atoms with Crippen molar-refractivity contribution in [2.45, 2.75) is 62.1 Å². The van der Waals surface area contributed by atoms with Crippen molar-refractivity contribution in [3.05, 3.63) is 221 Å². The minimum Gasteiger partial charge on any atom is -0.480 e. The Kier molecular flexibility index (Phi) is 17.1. The quantitative estimate of drug-likeness (QED) is 0.116. The zero-order valence-corrected chi connectivity index (χ0v) is 35.9. The molecule has 0 radical (unpaired) electrons. The molecular formula is C54H57N3O6. The maximum Gasteiger partial charge on any atom is 0.324 e. The van der Waals surface area contributed by atoms with Gasteiger partial charge in [0.1, 0.15) is 24.3 Å². The van der Waals surface area contributed by atoms with Crippen molar-refractivity contribution in [1.29, 1.82) is 0 Å². The average Bonchev–Trinajstić information content (AvgIpc) is 3.32. The first kappa shape index (κ1) is 45.9. The molecule has 0 aliphatic carbocycles. The number of hydrogen-bond acceptors (Lipinski definition) is 8. The number of nitrogens with two attached hydrogens (primary N) is 1. The Morgan fingerprint density at radius 1 is 0.651 bits per heavy atom. The lowest BCUT2D eigenvalue weighted by Gasteiger charge is -2.43. The van der Waals surface area contributed by atoms with Gasteiger partial charge in [0.2, 0.25) is 0 Å². The number of carbonyl (C=O) groups is 3. The molecule has 2 heterocycles. The number of carboxylic acid groups (broad SMARTS) is 1. The standard InChI is InChI=1S/C26H25NO2.C17H17NO2.C11H15NO2/c1-27-23(19-11-14-20-12-5-2-6-13-20)26(28)29-25(22-17-9-4-10-18-22)24(27)21-15-7-3-8-16-21;1-18-12-15(19)20-17(14-10-6-3-7-11-14)16(18)13-8-4-2-5-9-13;12-10(11(13)14)8-4-7-9-5-2-1-3-6-9/h2-18,23-25H,19H2,1H3;2-11,16-17H,12H2,1H3;1-3,5-6,10H,4,7-8,12H2,(H,13,14)/b14-11+;;/t23-,24-,25+;16-,17+;10-/m111/s1. The van der Waals surface area contributed by atoms with Crippen LogP contribution in [0.2, 0.25) is 0 Å². The number of carbonyl (C=O) groups excluding carboxylic acids is 2. The highest BCUT2D eigenvalue weighted by Gasteiger charge is 2.43. The zero-order valence-electron chi connectivity index (χ0n) is 35.9. The van der Waals surface area contributed by atoms with Gasteiger partial charge in [-0.3, -0.25) is 24.2 Å². The predicted molar refractivity (Wildman–Crippen MR) is 248 cm³/mol. The van der Waals surface area contributed by atoms with E-state index in [4.69, 9.17) is 20.3 Å². The Labute approximate surface area is 371 Å². The number of likely N-dealkylation sites (N-methyl/N-ethyl adjacent to an activating group) is 2. The number of aryl methyl sites for hydroxylation is 1. The van der Waals surface area contributed by atoms with Crippen LogP contribution in [0.15, 0.2) is 188 Å². The van der Waals surface area contributed by atoms with Crippen molar-refractivity contribution in [1.82, 2.24) is 9.80 Å². The van der Waals surface area contributed by atoms with Crippen LogP contribution in [0.25, 0.3) is 6.08 Å². The number of cyclic esters (lactones) is 2. The summed E-state index contributed by atoms with van der Waals surface area (Å²) in [4.78, 5) is 39.3. The summed E-state index contributed by atoms with van der Waals surface area (Å²) in [5.41, 5.74) is 12.1. The number of carboxylic acids is 1. The predicted octanol–water partition coefficient (Wildman–Crippen LogP) is 9.81. The first-order valence-electron chi connectivity index (χ1n) is 21.5. The summed E-state index contributed by atoms with van der Waals surface area (Å²) in [7, 11) is 3.99. The Morgan fingerprint density at radius 2 is 1.10 bits per heavy atom. The first-order chi connectivity index (χ1) is 30.7. The Morgan fingerprint density at radius 3 is 1.60 bits per heavy atom. The van der Waals surface area contributed by atoms with Crippen LogP contribution in [-0.4, -0.2) is 65.5 Å². The molecule has 2 aliphatic heterocycles. The fourth-order valence-corrected chi connectivity index (χ4v) is 8.00. The molecule has 9 nitrogen and oxygen atoms in total. The molecule has 2 aliphatic rings. The fourth-order valence-electron chi connectivity index (χ4n) is 8.00. The third kappa shape index (κ3) is 13.2. The van der Waals surface area contributed by atoms with Crippen molar-refractivity contribution in [2.75, 3.05) is 20.6 Å². The van der Waals surface area contributed by atoms with Gasteiger partial charge in [-0.2, -0.15) is 0 Å². The smallest absolute Gasteiger partial charge is 0.324 e. The molecule has 0 bridgehead atoms. The lowest BCUT2D eigenvalue weighted by Crippen LogP contribution is -2.49. The molecule has 9 heteroatoms. The lowest BCUT2D eigenvalue weighted by molar-refractivity contribution is -0.173. The number of nitrogens with zero attached hydrogens (tertiary/aromatic N) is 2. The topological polar surface area (TPSA) is 122 Å². The third-order valence-corrected chi connectivity index (χ3v) is 11.3. The van der Waals surface area contributed by atoms with Gasteiger partial charge in [-0.05, 0) is 73.2 Å². The molecule has 6 aromatic carbocycles. The van der Waals surface area contributed by atoms with Gasteiger partial charge < -0.3 is 20.3 Å². The van der Waals surface area contributed by atoms with Crippen molar-refractivity contribution < 1.29 is 29.0 Å². The van der Waals surface area contributed by atoms with E-state index in [1.807, 2.05) is 160 Å². The van der Waals surface area contributed by atoms with E-state index in [1.54, 1.807) is 0 Å². The van der Waals surface area contributed by atoms with Gasteiger partial charge in [-0.25, -0.2) is 0 Å². The van der Waals surface area contributed by atoms with Gasteiger partial charge >= 0.3 is 17.9 Å². The Balaban J connectivity index is 0.000000169. The molecule has 63 heavy (non-hydrogen) atoms. The van der Waals surface area contributed by atoms with Crippen LogP contribution in [0.3, 0.4) is 0 Å². The van der Waals surface area contributed by atoms with Crippen LogP contribution in [-0.2, 0) is 30.3 Å². The SMILES string of the molecule is CN1CC(=O)O[C@@H](c2ccccc2)[C@H]1c1ccccc1.CN1[C@H](C/C=C/c2ccccc2)C(=O)O[C@@H](c2ccccc2)[C@H]1c1ccccc1.N[C@H](CCCc1ccccc1)C(=O)O. The number of benzene rings is 6. The molecule has 2 saturated heterocycles. The van der Waals surface area contributed by atoms with Crippen LogP contribution < -0.4 is 5.73 Å². The van der Waals surface area contributed by atoms with E-state index in [0.717, 1.165) is 40.7 Å². The molecule has 8 rings (SSSR count). The second-order valence-electron chi connectivity index (χ2n) is 15.8. The molecule has 6 atom stereocenters. The van der Waals surface area contributed by atoms with Gasteiger partial charge in [0.15, 0.2) is 0 Å². The molecule has 0 saturated carbocycles. The number of morpholine rings is 2. The maximum absolute atomic E-state index is 12.9. The van der Waals surface area contributed by atoms with Gasteiger partial charge in [0.25, 0.3) is 0 Å². The highest BCUT2D eigenvalue weighted by atomic mass is 16.6. The van der Waals surface area contributed by atoms with Gasteiger partial charge in [0, 0.05) is 0 Å². The maximum atomic E-state index is 12.9. The summed E-state index contributed by atoms with van der Waals surface area (Å²) in [6.07, 6.45) is 6.37. The van der Waals surface area contributed by atoms with E-state index in [0.29, 0.717) is 19.4 Å². The number of rotatable bonds is 12. The fraction of sp³-hybridized carbons (Fsp3) is 0.241. The summed E-state index contributed by atoms with van der Waals surface area (Å²) in [6.45, 7) is 0.322. The second kappa shape index (κ2) is 23.5. The van der Waals surface area contributed by atoms with Crippen molar-refractivity contribution in [3.8, 4) is 0 Å². The van der Waals surface area contributed by atoms with Crippen molar-refractivity contribution in [3.63, 3.8) is 0 Å². The molecular weight excluding hydrogens is 787 g/mol. The van der Waals surface area contributed by atoms with E-state index in [9.17, 15) is 14.4 Å². The van der Waals surface area contributed by atoms with Crippen LogP contribution in [0, 0.1) is 0 Å². The number of aliphatic carboxylic acids is 1. The van der Waals surface area contributed by atoms with Crippen LogP contribution in [0.5, 0.6) is 0 Å². The van der Waals surface area contributed by atoms with Crippen molar-refractivity contribution >= 4 is 24.0 Å². The summed E-state index contributed by atoms with van der Waals surface area (Å²) in [6, 6.07) is 59.5. The minimum absolute atomic E-state index is 0.0357. The van der Waals surface area contributed by atoms with E-state index in [2.05, 4.69) is 58.4 Å². The van der Waals surface area contributed by atoms with Crippen LogP contribution in [0.1, 0.15) is 76.9 Å². The van der Waals surface area contributed by atoms with Gasteiger partial charge in [-0.15, -0.1) is 0 Å². The summed E-state index contributed by atoms with van der Waals surface area (Å²) in [5, 5.41) is 8.55. The van der Waals surface area contributed by atoms with E-state index in [-0.39, 0.29) is 42.3 Å². The molecule has 2 fully saturated rings. The molecule has 324 valence electrons.